The van der Waals surface area contributed by atoms with Crippen LogP contribution in [0, 0.1) is 0 Å². The SMILES string of the molecule is CCOC(=O)c1coc(Sc2nccs2)n1. The van der Waals surface area contributed by atoms with Crippen LogP contribution in [-0.4, -0.2) is 22.5 Å². The summed E-state index contributed by atoms with van der Waals surface area (Å²) in [6, 6.07) is 0. The van der Waals surface area contributed by atoms with Crippen molar-refractivity contribution in [2.24, 2.45) is 0 Å². The van der Waals surface area contributed by atoms with Gasteiger partial charge in [0.2, 0.25) is 0 Å². The monoisotopic (exact) mass is 256 g/mol. The normalized spacial score (nSPS) is 10.3. The molecule has 0 aliphatic carbocycles. The molecule has 0 bridgehead atoms. The van der Waals surface area contributed by atoms with Crippen LogP contribution in [0.2, 0.25) is 0 Å². The van der Waals surface area contributed by atoms with E-state index in [9.17, 15) is 4.79 Å². The standard InChI is InChI=1S/C9H8N2O3S2/c1-2-13-7(12)6-5-14-8(11-6)16-9-10-3-4-15-9/h3-5H,2H2,1H3. The van der Waals surface area contributed by atoms with E-state index in [1.54, 1.807) is 13.1 Å². The molecule has 0 radical (unpaired) electrons. The molecule has 0 spiro atoms. The number of carbonyl (C=O) groups is 1. The van der Waals surface area contributed by atoms with Gasteiger partial charge in [0, 0.05) is 23.3 Å². The first-order chi connectivity index (χ1) is 7.79. The summed E-state index contributed by atoms with van der Waals surface area (Å²) in [5.41, 5.74) is 0.181. The minimum Gasteiger partial charge on any atom is -0.461 e. The van der Waals surface area contributed by atoms with Crippen LogP contribution < -0.4 is 0 Å². The highest BCUT2D eigenvalue weighted by Gasteiger charge is 2.14. The van der Waals surface area contributed by atoms with Gasteiger partial charge in [0.05, 0.1) is 6.61 Å². The highest BCUT2D eigenvalue weighted by Crippen LogP contribution is 2.28. The molecule has 0 atom stereocenters. The van der Waals surface area contributed by atoms with E-state index in [0.717, 1.165) is 4.34 Å². The fourth-order valence-corrected chi connectivity index (χ4v) is 2.37. The van der Waals surface area contributed by atoms with Gasteiger partial charge in [-0.15, -0.1) is 11.3 Å². The Bertz CT molecular complexity index is 467. The Morgan fingerprint density at radius 1 is 1.69 bits per heavy atom. The van der Waals surface area contributed by atoms with Crippen LogP contribution in [0.5, 0.6) is 0 Å². The van der Waals surface area contributed by atoms with Crippen molar-refractivity contribution in [2.45, 2.75) is 16.5 Å². The van der Waals surface area contributed by atoms with E-state index in [1.807, 2.05) is 5.38 Å². The molecule has 2 aromatic rings. The zero-order valence-electron chi connectivity index (χ0n) is 8.37. The van der Waals surface area contributed by atoms with Gasteiger partial charge in [-0.3, -0.25) is 0 Å². The second kappa shape index (κ2) is 5.13. The fraction of sp³-hybridized carbons (Fsp3) is 0.222. The Labute approximate surface area is 99.9 Å². The molecular formula is C9H8N2O3S2. The molecular weight excluding hydrogens is 248 g/mol. The lowest BCUT2D eigenvalue weighted by Crippen LogP contribution is -2.04. The van der Waals surface area contributed by atoms with Crippen LogP contribution in [0.1, 0.15) is 17.4 Å². The number of oxazole rings is 1. The molecule has 2 rings (SSSR count). The third-order valence-electron chi connectivity index (χ3n) is 1.55. The predicted molar refractivity (Wildman–Crippen MR) is 58.7 cm³/mol. The summed E-state index contributed by atoms with van der Waals surface area (Å²) in [7, 11) is 0. The highest BCUT2D eigenvalue weighted by molar-refractivity contribution is 8.00. The first-order valence-electron chi connectivity index (χ1n) is 4.49. The van der Waals surface area contributed by atoms with Crippen molar-refractivity contribution in [3.05, 3.63) is 23.5 Å². The summed E-state index contributed by atoms with van der Waals surface area (Å²) in [5.74, 6) is -0.475. The number of hydrogen-bond donors (Lipinski definition) is 0. The lowest BCUT2D eigenvalue weighted by atomic mass is 10.5. The maximum absolute atomic E-state index is 11.3. The molecule has 0 saturated carbocycles. The molecule has 0 aliphatic heterocycles. The van der Waals surface area contributed by atoms with E-state index >= 15 is 0 Å². The van der Waals surface area contributed by atoms with Crippen molar-refractivity contribution in [3.63, 3.8) is 0 Å². The molecule has 0 aromatic carbocycles. The van der Waals surface area contributed by atoms with E-state index < -0.39 is 5.97 Å². The highest BCUT2D eigenvalue weighted by atomic mass is 32.2. The topological polar surface area (TPSA) is 65.2 Å². The Hall–Kier alpha value is -1.34. The molecule has 0 unspecified atom stereocenters. The molecule has 2 aromatic heterocycles. The van der Waals surface area contributed by atoms with Gasteiger partial charge in [0.1, 0.15) is 6.26 Å². The molecule has 0 amide bonds. The first-order valence-corrected chi connectivity index (χ1v) is 6.19. The van der Waals surface area contributed by atoms with Gasteiger partial charge in [-0.1, -0.05) is 0 Å². The number of hydrogen-bond acceptors (Lipinski definition) is 7. The lowest BCUT2D eigenvalue weighted by molar-refractivity contribution is 0.0519. The van der Waals surface area contributed by atoms with Crippen LogP contribution >= 0.6 is 23.1 Å². The molecule has 16 heavy (non-hydrogen) atoms. The van der Waals surface area contributed by atoms with Gasteiger partial charge in [0.15, 0.2) is 10.0 Å². The smallest absolute Gasteiger partial charge is 0.360 e. The second-order valence-electron chi connectivity index (χ2n) is 2.62. The van der Waals surface area contributed by atoms with Gasteiger partial charge < -0.3 is 9.15 Å². The second-order valence-corrected chi connectivity index (χ2v) is 4.71. The molecule has 0 aliphatic rings. The van der Waals surface area contributed by atoms with Crippen molar-refractivity contribution in [3.8, 4) is 0 Å². The van der Waals surface area contributed by atoms with Crippen LogP contribution in [-0.2, 0) is 4.74 Å². The third kappa shape index (κ3) is 2.61. The number of esters is 1. The Morgan fingerprint density at radius 2 is 2.56 bits per heavy atom. The summed E-state index contributed by atoms with van der Waals surface area (Å²) in [4.78, 5) is 19.4. The summed E-state index contributed by atoms with van der Waals surface area (Å²) < 4.78 is 10.7. The molecule has 0 fully saturated rings. The van der Waals surface area contributed by atoms with Crippen molar-refractivity contribution in [2.75, 3.05) is 6.61 Å². The maximum Gasteiger partial charge on any atom is 0.360 e. The number of ether oxygens (including phenoxy) is 1. The van der Waals surface area contributed by atoms with E-state index in [2.05, 4.69) is 9.97 Å². The van der Waals surface area contributed by atoms with Crippen molar-refractivity contribution < 1.29 is 13.9 Å². The number of nitrogens with zero attached hydrogens (tertiary/aromatic N) is 2. The predicted octanol–water partition coefficient (Wildman–Crippen LogP) is 2.46. The molecule has 84 valence electrons. The summed E-state index contributed by atoms with van der Waals surface area (Å²) in [6.07, 6.45) is 2.98. The minimum absolute atomic E-state index is 0.181. The zero-order valence-corrected chi connectivity index (χ0v) is 10.0. The average Bonchev–Trinajstić information content (AvgIpc) is 2.90. The molecule has 7 heteroatoms. The van der Waals surface area contributed by atoms with Crippen LogP contribution in [0.15, 0.2) is 31.8 Å². The quantitative estimate of drug-likeness (QED) is 0.783. The summed E-state index contributed by atoms with van der Waals surface area (Å²) in [6.45, 7) is 2.06. The zero-order chi connectivity index (χ0) is 11.4. The number of thiazole rings is 1. The van der Waals surface area contributed by atoms with E-state index in [1.165, 1.54) is 29.4 Å². The van der Waals surface area contributed by atoms with Gasteiger partial charge in [0.25, 0.3) is 5.22 Å². The Balaban J connectivity index is 2.05. The third-order valence-corrected chi connectivity index (χ3v) is 3.30. The van der Waals surface area contributed by atoms with E-state index in [4.69, 9.17) is 9.15 Å². The van der Waals surface area contributed by atoms with Crippen LogP contribution in [0.3, 0.4) is 0 Å². The largest absolute Gasteiger partial charge is 0.461 e. The average molecular weight is 256 g/mol. The van der Waals surface area contributed by atoms with Gasteiger partial charge in [-0.25, -0.2) is 9.78 Å². The molecule has 0 N–H and O–H groups in total. The first kappa shape index (κ1) is 11.2. The van der Waals surface area contributed by atoms with E-state index in [-0.39, 0.29) is 5.69 Å². The summed E-state index contributed by atoms with van der Waals surface area (Å²) in [5, 5.41) is 2.25. The van der Waals surface area contributed by atoms with Crippen molar-refractivity contribution in [1.82, 2.24) is 9.97 Å². The van der Waals surface area contributed by atoms with Gasteiger partial charge in [-0.05, 0) is 6.92 Å². The number of rotatable bonds is 4. The lowest BCUT2D eigenvalue weighted by Gasteiger charge is -1.94. The van der Waals surface area contributed by atoms with Gasteiger partial charge in [-0.2, -0.15) is 4.98 Å². The summed E-state index contributed by atoms with van der Waals surface area (Å²) >= 11 is 2.75. The molecule has 5 nitrogen and oxygen atoms in total. The molecule has 0 saturated heterocycles. The molecule has 2 heterocycles. The fourth-order valence-electron chi connectivity index (χ4n) is 0.938. The van der Waals surface area contributed by atoms with Crippen LogP contribution in [0.4, 0.5) is 0 Å². The van der Waals surface area contributed by atoms with Crippen molar-refractivity contribution in [1.29, 1.82) is 0 Å². The Kier molecular flexibility index (Phi) is 3.58. The van der Waals surface area contributed by atoms with Crippen molar-refractivity contribution >= 4 is 29.1 Å². The van der Waals surface area contributed by atoms with Gasteiger partial charge >= 0.3 is 5.97 Å². The van der Waals surface area contributed by atoms with Crippen LogP contribution in [0.25, 0.3) is 0 Å². The Morgan fingerprint density at radius 3 is 3.25 bits per heavy atom. The van der Waals surface area contributed by atoms with E-state index in [0.29, 0.717) is 11.8 Å². The minimum atomic E-state index is -0.475. The number of aromatic nitrogens is 2. The number of carbonyl (C=O) groups excluding carboxylic acids is 1. The maximum atomic E-state index is 11.3.